The fourth-order valence-corrected chi connectivity index (χ4v) is 1.37. The van der Waals surface area contributed by atoms with Crippen LogP contribution in [0.15, 0.2) is 21.2 Å². The number of nitrogens with one attached hydrogen (secondary N) is 1. The third kappa shape index (κ3) is 3.11. The van der Waals surface area contributed by atoms with Gasteiger partial charge in [-0.15, -0.1) is 0 Å². The van der Waals surface area contributed by atoms with Crippen LogP contribution >= 0.6 is 15.9 Å². The summed E-state index contributed by atoms with van der Waals surface area (Å²) in [6.07, 6.45) is 0. The van der Waals surface area contributed by atoms with Crippen molar-refractivity contribution in [1.29, 1.82) is 0 Å². The van der Waals surface area contributed by atoms with Crippen LogP contribution in [0.25, 0.3) is 0 Å². The molecule has 74 valence electrons. The van der Waals surface area contributed by atoms with Crippen molar-refractivity contribution in [3.63, 3.8) is 0 Å². The molecule has 0 spiro atoms. The zero-order chi connectivity index (χ0) is 9.68. The zero-order valence-corrected chi connectivity index (χ0v) is 8.75. The van der Waals surface area contributed by atoms with Crippen molar-refractivity contribution in [1.82, 2.24) is 5.32 Å². The molecule has 1 aromatic rings. The number of rotatable bonds is 5. The summed E-state index contributed by atoms with van der Waals surface area (Å²) in [6, 6.07) is 3.64. The Bertz CT molecular complexity index is 252. The van der Waals surface area contributed by atoms with E-state index in [1.165, 1.54) is 0 Å². The minimum atomic E-state index is -0.0292. The molecule has 0 fully saturated rings. The van der Waals surface area contributed by atoms with E-state index in [1.807, 2.05) is 12.1 Å². The zero-order valence-electron chi connectivity index (χ0n) is 7.16. The third-order valence-corrected chi connectivity index (χ3v) is 2.10. The van der Waals surface area contributed by atoms with Crippen LogP contribution in [0.2, 0.25) is 0 Å². The molecule has 0 aliphatic heterocycles. The molecule has 13 heavy (non-hydrogen) atoms. The SMILES string of the molecule is NCC(NCCO)c1ccc(Br)o1. The Balaban J connectivity index is 2.56. The summed E-state index contributed by atoms with van der Waals surface area (Å²) < 4.78 is 6.01. The number of furan rings is 1. The maximum atomic E-state index is 8.62. The highest BCUT2D eigenvalue weighted by molar-refractivity contribution is 9.10. The van der Waals surface area contributed by atoms with Crippen LogP contribution in [0.3, 0.4) is 0 Å². The molecule has 1 heterocycles. The van der Waals surface area contributed by atoms with E-state index in [1.54, 1.807) is 0 Å². The van der Waals surface area contributed by atoms with Crippen LogP contribution in [0, 0.1) is 0 Å². The highest BCUT2D eigenvalue weighted by Gasteiger charge is 2.11. The van der Waals surface area contributed by atoms with Crippen LogP contribution in [-0.4, -0.2) is 24.8 Å². The molecule has 0 radical (unpaired) electrons. The summed E-state index contributed by atoms with van der Waals surface area (Å²) in [4.78, 5) is 0. The first-order valence-corrected chi connectivity index (χ1v) is 4.86. The van der Waals surface area contributed by atoms with Crippen molar-refractivity contribution in [3.8, 4) is 0 Å². The van der Waals surface area contributed by atoms with E-state index in [0.29, 0.717) is 17.8 Å². The average molecular weight is 249 g/mol. The molecule has 5 heteroatoms. The molecule has 0 aromatic carbocycles. The maximum absolute atomic E-state index is 8.62. The summed E-state index contributed by atoms with van der Waals surface area (Å²) in [5.74, 6) is 0.780. The van der Waals surface area contributed by atoms with Gasteiger partial charge in [0.05, 0.1) is 12.6 Å². The molecule has 0 saturated carbocycles. The fraction of sp³-hybridized carbons (Fsp3) is 0.500. The van der Waals surface area contributed by atoms with Crippen LogP contribution < -0.4 is 11.1 Å². The van der Waals surface area contributed by atoms with Gasteiger partial charge in [-0.2, -0.15) is 0 Å². The third-order valence-electron chi connectivity index (χ3n) is 1.68. The summed E-state index contributed by atoms with van der Waals surface area (Å²) >= 11 is 3.21. The van der Waals surface area contributed by atoms with Crippen molar-refractivity contribution in [2.24, 2.45) is 5.73 Å². The Hall–Kier alpha value is -0.360. The molecular weight excluding hydrogens is 236 g/mol. The minimum Gasteiger partial charge on any atom is -0.453 e. The van der Waals surface area contributed by atoms with E-state index in [0.717, 1.165) is 5.76 Å². The topological polar surface area (TPSA) is 71.4 Å². The Labute approximate surface area is 85.2 Å². The van der Waals surface area contributed by atoms with E-state index in [2.05, 4.69) is 21.2 Å². The van der Waals surface area contributed by atoms with Crippen LogP contribution in [0.4, 0.5) is 0 Å². The lowest BCUT2D eigenvalue weighted by molar-refractivity contribution is 0.279. The van der Waals surface area contributed by atoms with Crippen molar-refractivity contribution < 1.29 is 9.52 Å². The van der Waals surface area contributed by atoms with Gasteiger partial charge >= 0.3 is 0 Å². The molecule has 4 nitrogen and oxygen atoms in total. The number of aliphatic hydroxyl groups excluding tert-OH is 1. The first kappa shape index (κ1) is 10.7. The second-order valence-electron chi connectivity index (χ2n) is 2.61. The van der Waals surface area contributed by atoms with Crippen molar-refractivity contribution in [3.05, 3.63) is 22.6 Å². The smallest absolute Gasteiger partial charge is 0.169 e. The highest BCUT2D eigenvalue weighted by atomic mass is 79.9. The molecule has 1 rings (SSSR count). The van der Waals surface area contributed by atoms with Gasteiger partial charge in [-0.3, -0.25) is 0 Å². The molecule has 0 aliphatic rings. The van der Waals surface area contributed by atoms with Gasteiger partial charge in [0.15, 0.2) is 4.67 Å². The molecule has 4 N–H and O–H groups in total. The van der Waals surface area contributed by atoms with Crippen molar-refractivity contribution in [2.45, 2.75) is 6.04 Å². The standard InChI is InChI=1S/C8H13BrN2O2/c9-8-2-1-7(13-8)6(5-10)11-3-4-12/h1-2,6,11-12H,3-5,10H2. The Kier molecular flexibility index (Phi) is 4.44. The van der Waals surface area contributed by atoms with Gasteiger partial charge in [0, 0.05) is 13.1 Å². The predicted molar refractivity (Wildman–Crippen MR) is 53.3 cm³/mol. The lowest BCUT2D eigenvalue weighted by atomic mass is 10.2. The molecule has 1 unspecified atom stereocenters. The number of nitrogens with two attached hydrogens (primary N) is 1. The Morgan fingerprint density at radius 3 is 2.85 bits per heavy atom. The van der Waals surface area contributed by atoms with Gasteiger partial charge in [0.2, 0.25) is 0 Å². The number of aliphatic hydroxyl groups is 1. The van der Waals surface area contributed by atoms with E-state index in [-0.39, 0.29) is 12.6 Å². The molecule has 1 aromatic heterocycles. The summed E-state index contributed by atoms with van der Waals surface area (Å²) in [6.45, 7) is 1.05. The quantitative estimate of drug-likeness (QED) is 0.715. The summed E-state index contributed by atoms with van der Waals surface area (Å²) in [5, 5.41) is 11.7. The largest absolute Gasteiger partial charge is 0.453 e. The highest BCUT2D eigenvalue weighted by Crippen LogP contribution is 2.19. The van der Waals surface area contributed by atoms with E-state index >= 15 is 0 Å². The first-order valence-electron chi connectivity index (χ1n) is 4.07. The summed E-state index contributed by atoms with van der Waals surface area (Å²) in [7, 11) is 0. The lowest BCUT2D eigenvalue weighted by Gasteiger charge is -2.12. The molecule has 0 saturated heterocycles. The molecule has 1 atom stereocenters. The lowest BCUT2D eigenvalue weighted by Crippen LogP contribution is -2.29. The van der Waals surface area contributed by atoms with Gasteiger partial charge in [-0.1, -0.05) is 0 Å². The predicted octanol–water partition coefficient (Wildman–Crippen LogP) is 0.624. The first-order chi connectivity index (χ1) is 6.27. The fourth-order valence-electron chi connectivity index (χ4n) is 1.05. The molecular formula is C8H13BrN2O2. The van der Waals surface area contributed by atoms with Gasteiger partial charge in [-0.25, -0.2) is 0 Å². The van der Waals surface area contributed by atoms with Gasteiger partial charge in [-0.05, 0) is 28.1 Å². The second kappa shape index (κ2) is 5.39. The van der Waals surface area contributed by atoms with Crippen molar-refractivity contribution >= 4 is 15.9 Å². The van der Waals surface area contributed by atoms with Gasteiger partial charge < -0.3 is 20.6 Å². The molecule has 0 bridgehead atoms. The average Bonchev–Trinajstić information content (AvgIpc) is 2.54. The second-order valence-corrected chi connectivity index (χ2v) is 3.39. The van der Waals surface area contributed by atoms with E-state index < -0.39 is 0 Å². The van der Waals surface area contributed by atoms with E-state index in [9.17, 15) is 0 Å². The summed E-state index contributed by atoms with van der Waals surface area (Å²) in [5.41, 5.74) is 5.54. The Morgan fingerprint density at radius 1 is 1.62 bits per heavy atom. The Morgan fingerprint density at radius 2 is 2.38 bits per heavy atom. The monoisotopic (exact) mass is 248 g/mol. The minimum absolute atomic E-state index is 0.0292. The molecule has 0 amide bonds. The van der Waals surface area contributed by atoms with Crippen molar-refractivity contribution in [2.75, 3.05) is 19.7 Å². The normalized spacial score (nSPS) is 13.2. The van der Waals surface area contributed by atoms with Gasteiger partial charge in [0.1, 0.15) is 5.76 Å². The van der Waals surface area contributed by atoms with Crippen LogP contribution in [0.5, 0.6) is 0 Å². The number of hydrogen-bond acceptors (Lipinski definition) is 4. The number of halogens is 1. The number of hydrogen-bond donors (Lipinski definition) is 3. The van der Waals surface area contributed by atoms with Gasteiger partial charge in [0.25, 0.3) is 0 Å². The van der Waals surface area contributed by atoms with E-state index in [4.69, 9.17) is 15.3 Å². The van der Waals surface area contributed by atoms with Crippen LogP contribution in [-0.2, 0) is 0 Å². The van der Waals surface area contributed by atoms with Crippen LogP contribution in [0.1, 0.15) is 11.8 Å². The maximum Gasteiger partial charge on any atom is 0.169 e. The molecule has 0 aliphatic carbocycles.